The second kappa shape index (κ2) is 4.81. The summed E-state index contributed by atoms with van der Waals surface area (Å²) in [6, 6.07) is 5.47. The van der Waals surface area contributed by atoms with Crippen molar-refractivity contribution in [3.8, 4) is 0 Å². The number of carbonyl (C=O) groups excluding carboxylic acids is 1. The van der Waals surface area contributed by atoms with E-state index in [1.165, 1.54) is 24.3 Å². The van der Waals surface area contributed by atoms with E-state index >= 15 is 0 Å². The van der Waals surface area contributed by atoms with Crippen molar-refractivity contribution in [3.63, 3.8) is 0 Å². The average Bonchev–Trinajstić information content (AvgIpc) is 2.33. The molecule has 1 aliphatic heterocycles. The van der Waals surface area contributed by atoms with E-state index in [4.69, 9.17) is 0 Å². The average molecular weight is 238 g/mol. The second-order valence-corrected chi connectivity index (χ2v) is 4.24. The molecule has 92 valence electrons. The van der Waals surface area contributed by atoms with Crippen molar-refractivity contribution in [2.24, 2.45) is 0 Å². The minimum Gasteiger partial charge on any atom is -0.380 e. The van der Waals surface area contributed by atoms with E-state index in [0.29, 0.717) is 31.6 Å². The molecule has 2 rings (SSSR count). The lowest BCUT2D eigenvalue weighted by Crippen LogP contribution is -2.50. The van der Waals surface area contributed by atoms with Crippen LogP contribution in [0.4, 0.5) is 10.1 Å². The third-order valence-electron chi connectivity index (χ3n) is 2.96. The Bertz CT molecular complexity index is 399. The van der Waals surface area contributed by atoms with Crippen molar-refractivity contribution in [2.45, 2.75) is 18.4 Å². The molecule has 5 heteroatoms. The Kier molecular flexibility index (Phi) is 3.40. The molecule has 1 saturated heterocycles. The van der Waals surface area contributed by atoms with E-state index < -0.39 is 11.5 Å². The molecule has 0 radical (unpaired) electrons. The lowest BCUT2D eigenvalue weighted by molar-refractivity contribution is -0.136. The van der Waals surface area contributed by atoms with Gasteiger partial charge < -0.3 is 15.7 Å². The SMILES string of the molecule is O=C(Nc1ccc(F)cc1)C1(O)CCNCC1. The minimum atomic E-state index is -1.32. The van der Waals surface area contributed by atoms with Gasteiger partial charge in [-0.15, -0.1) is 0 Å². The topological polar surface area (TPSA) is 61.4 Å². The Balaban J connectivity index is 2.03. The smallest absolute Gasteiger partial charge is 0.256 e. The normalized spacial score (nSPS) is 18.7. The highest BCUT2D eigenvalue weighted by Crippen LogP contribution is 2.20. The minimum absolute atomic E-state index is 0.358. The van der Waals surface area contributed by atoms with Crippen LogP contribution in [0.3, 0.4) is 0 Å². The molecule has 1 aromatic rings. The molecule has 0 spiro atoms. The first-order valence-electron chi connectivity index (χ1n) is 5.60. The van der Waals surface area contributed by atoms with E-state index in [2.05, 4.69) is 10.6 Å². The molecule has 1 fully saturated rings. The molecule has 17 heavy (non-hydrogen) atoms. The molecule has 0 unspecified atom stereocenters. The summed E-state index contributed by atoms with van der Waals surface area (Å²) in [6.07, 6.45) is 0.778. The number of rotatable bonds is 2. The molecule has 1 heterocycles. The van der Waals surface area contributed by atoms with Crippen molar-refractivity contribution < 1.29 is 14.3 Å². The van der Waals surface area contributed by atoms with Crippen LogP contribution in [0.1, 0.15) is 12.8 Å². The molecule has 1 aliphatic rings. The van der Waals surface area contributed by atoms with Gasteiger partial charge in [0.15, 0.2) is 0 Å². The number of nitrogens with one attached hydrogen (secondary N) is 2. The van der Waals surface area contributed by atoms with E-state index in [9.17, 15) is 14.3 Å². The fourth-order valence-electron chi connectivity index (χ4n) is 1.85. The van der Waals surface area contributed by atoms with Crippen LogP contribution in [0.5, 0.6) is 0 Å². The van der Waals surface area contributed by atoms with Crippen LogP contribution in [0.25, 0.3) is 0 Å². The van der Waals surface area contributed by atoms with Crippen LogP contribution in [-0.4, -0.2) is 29.7 Å². The Morgan fingerprint density at radius 2 is 1.88 bits per heavy atom. The van der Waals surface area contributed by atoms with Crippen molar-refractivity contribution in [1.29, 1.82) is 0 Å². The Labute approximate surface area is 98.8 Å². The first-order valence-corrected chi connectivity index (χ1v) is 5.60. The fraction of sp³-hybridized carbons (Fsp3) is 0.417. The summed E-state index contributed by atoms with van der Waals surface area (Å²) in [5.41, 5.74) is -0.831. The number of halogens is 1. The number of benzene rings is 1. The van der Waals surface area contributed by atoms with Crippen molar-refractivity contribution >= 4 is 11.6 Å². The van der Waals surface area contributed by atoms with Crippen molar-refractivity contribution in [3.05, 3.63) is 30.1 Å². The van der Waals surface area contributed by atoms with Crippen LogP contribution < -0.4 is 10.6 Å². The Morgan fingerprint density at radius 3 is 2.47 bits per heavy atom. The van der Waals surface area contributed by atoms with Crippen LogP contribution in [0.15, 0.2) is 24.3 Å². The number of hydrogen-bond acceptors (Lipinski definition) is 3. The summed E-state index contributed by atoms with van der Waals surface area (Å²) in [4.78, 5) is 11.9. The highest BCUT2D eigenvalue weighted by atomic mass is 19.1. The number of carbonyl (C=O) groups is 1. The van der Waals surface area contributed by atoms with Gasteiger partial charge in [0.25, 0.3) is 5.91 Å². The van der Waals surface area contributed by atoms with Crippen LogP contribution in [0.2, 0.25) is 0 Å². The third-order valence-corrected chi connectivity index (χ3v) is 2.96. The predicted molar refractivity (Wildman–Crippen MR) is 62.1 cm³/mol. The highest BCUT2D eigenvalue weighted by Gasteiger charge is 2.36. The van der Waals surface area contributed by atoms with Crippen LogP contribution >= 0.6 is 0 Å². The van der Waals surface area contributed by atoms with Crippen molar-refractivity contribution in [2.75, 3.05) is 18.4 Å². The lowest BCUT2D eigenvalue weighted by atomic mass is 9.91. The van der Waals surface area contributed by atoms with Gasteiger partial charge in [0, 0.05) is 5.69 Å². The summed E-state index contributed by atoms with van der Waals surface area (Å²) in [6.45, 7) is 1.24. The van der Waals surface area contributed by atoms with E-state index in [1.54, 1.807) is 0 Å². The molecule has 0 saturated carbocycles. The zero-order chi connectivity index (χ0) is 12.3. The first-order chi connectivity index (χ1) is 8.10. The molecule has 1 aromatic carbocycles. The van der Waals surface area contributed by atoms with Gasteiger partial charge >= 0.3 is 0 Å². The molecular formula is C12H15FN2O2. The second-order valence-electron chi connectivity index (χ2n) is 4.24. The van der Waals surface area contributed by atoms with Crippen LogP contribution in [-0.2, 0) is 4.79 Å². The maximum atomic E-state index is 12.7. The summed E-state index contributed by atoms with van der Waals surface area (Å²) >= 11 is 0. The number of amides is 1. The summed E-state index contributed by atoms with van der Waals surface area (Å²) < 4.78 is 12.7. The number of aliphatic hydroxyl groups is 1. The van der Waals surface area contributed by atoms with Crippen molar-refractivity contribution in [1.82, 2.24) is 5.32 Å². The molecule has 0 aliphatic carbocycles. The van der Waals surface area contributed by atoms with Gasteiger partial charge in [-0.1, -0.05) is 0 Å². The van der Waals surface area contributed by atoms with E-state index in [0.717, 1.165) is 0 Å². The maximum Gasteiger partial charge on any atom is 0.256 e. The monoisotopic (exact) mass is 238 g/mol. The number of piperidine rings is 1. The zero-order valence-electron chi connectivity index (χ0n) is 9.37. The van der Waals surface area contributed by atoms with Gasteiger partial charge in [-0.3, -0.25) is 4.79 Å². The van der Waals surface area contributed by atoms with Crippen LogP contribution in [0, 0.1) is 5.82 Å². The summed E-state index contributed by atoms with van der Waals surface area (Å²) in [5, 5.41) is 15.8. The van der Waals surface area contributed by atoms with Gasteiger partial charge in [0.05, 0.1) is 0 Å². The largest absolute Gasteiger partial charge is 0.380 e. The van der Waals surface area contributed by atoms with Gasteiger partial charge in [-0.05, 0) is 50.2 Å². The molecule has 0 atom stereocenters. The maximum absolute atomic E-state index is 12.7. The number of anilines is 1. The Morgan fingerprint density at radius 1 is 1.29 bits per heavy atom. The third kappa shape index (κ3) is 2.81. The summed E-state index contributed by atoms with van der Waals surface area (Å²) in [7, 11) is 0. The summed E-state index contributed by atoms with van der Waals surface area (Å²) in [5.74, 6) is -0.783. The quantitative estimate of drug-likeness (QED) is 0.716. The molecule has 0 bridgehead atoms. The molecular weight excluding hydrogens is 223 g/mol. The van der Waals surface area contributed by atoms with Gasteiger partial charge in [0.1, 0.15) is 11.4 Å². The standard InChI is InChI=1S/C12H15FN2O2/c13-9-1-3-10(4-2-9)15-11(16)12(17)5-7-14-8-6-12/h1-4,14,17H,5-8H2,(H,15,16). The fourth-order valence-corrected chi connectivity index (χ4v) is 1.85. The molecule has 0 aromatic heterocycles. The van der Waals surface area contributed by atoms with E-state index in [1.807, 2.05) is 0 Å². The van der Waals surface area contributed by atoms with E-state index in [-0.39, 0.29) is 5.82 Å². The molecule has 1 amide bonds. The zero-order valence-corrected chi connectivity index (χ0v) is 9.37. The lowest BCUT2D eigenvalue weighted by Gasteiger charge is -2.31. The predicted octanol–water partition coefficient (Wildman–Crippen LogP) is 0.879. The Hall–Kier alpha value is -1.46. The molecule has 4 nitrogen and oxygen atoms in total. The van der Waals surface area contributed by atoms with Gasteiger partial charge in [0.2, 0.25) is 0 Å². The highest BCUT2D eigenvalue weighted by molar-refractivity contribution is 5.97. The first kappa shape index (κ1) is 12.0. The number of hydrogen-bond donors (Lipinski definition) is 3. The van der Waals surface area contributed by atoms with Gasteiger partial charge in [-0.2, -0.15) is 0 Å². The molecule has 3 N–H and O–H groups in total. The van der Waals surface area contributed by atoms with Gasteiger partial charge in [-0.25, -0.2) is 4.39 Å².